The summed E-state index contributed by atoms with van der Waals surface area (Å²) in [5.74, 6) is 0.718. The summed E-state index contributed by atoms with van der Waals surface area (Å²) in [6, 6.07) is 0.207. The Hall–Kier alpha value is -0.170. The largest absolute Gasteiger partial charge is 0.316 e. The molecule has 1 atom stereocenters. The van der Waals surface area contributed by atoms with Gasteiger partial charge in [0.1, 0.15) is 0 Å². The number of rotatable bonds is 6. The van der Waals surface area contributed by atoms with Gasteiger partial charge in [0, 0.05) is 22.0 Å². The molecule has 2 rings (SSSR count). The molecule has 5 nitrogen and oxygen atoms in total. The molecule has 0 amide bonds. The number of hydrogen-bond acceptors (Lipinski definition) is 5. The van der Waals surface area contributed by atoms with Gasteiger partial charge < -0.3 is 15.5 Å². The van der Waals surface area contributed by atoms with Crippen LogP contribution in [0.1, 0.15) is 42.4 Å². The monoisotopic (exact) mass is 323 g/mol. The van der Waals surface area contributed by atoms with Crippen molar-refractivity contribution in [2.45, 2.75) is 45.6 Å². The zero-order valence-electron chi connectivity index (χ0n) is 13.7. The molecule has 2 heterocycles. The maximum atomic E-state index is 11.1. The smallest absolute Gasteiger partial charge is 0.151 e. The molecule has 6 heteroatoms. The molecule has 2 fully saturated rings. The third-order valence-electron chi connectivity index (χ3n) is 4.01. The van der Waals surface area contributed by atoms with Gasteiger partial charge in [0.05, 0.1) is 11.5 Å². The molecule has 0 saturated carbocycles. The lowest BCUT2D eigenvalue weighted by atomic mass is 10.2. The summed E-state index contributed by atoms with van der Waals surface area (Å²) in [5, 5.41) is 6.49. The first-order valence-corrected chi connectivity index (χ1v) is 10.3. The SMILES string of the molecule is CCNC1CCCS(=O)(=O)C1.CCNCCN1CCCC1.[HH].[HH]. The molecule has 1 unspecified atom stereocenters. The van der Waals surface area contributed by atoms with Crippen molar-refractivity contribution in [1.82, 2.24) is 15.5 Å². The summed E-state index contributed by atoms with van der Waals surface area (Å²) in [7, 11) is -2.72. The highest BCUT2D eigenvalue weighted by atomic mass is 32.2. The lowest BCUT2D eigenvalue weighted by molar-refractivity contribution is 0.337. The topological polar surface area (TPSA) is 61.4 Å². The van der Waals surface area contributed by atoms with Crippen LogP contribution in [-0.2, 0) is 9.84 Å². The van der Waals surface area contributed by atoms with Gasteiger partial charge in [0.2, 0.25) is 0 Å². The molecule has 2 aliphatic rings. The van der Waals surface area contributed by atoms with E-state index in [9.17, 15) is 8.42 Å². The zero-order valence-corrected chi connectivity index (χ0v) is 14.6. The summed E-state index contributed by atoms with van der Waals surface area (Å²) >= 11 is 0. The minimum atomic E-state index is -2.72. The molecule has 0 aromatic rings. The van der Waals surface area contributed by atoms with Gasteiger partial charge in [0.15, 0.2) is 9.84 Å². The van der Waals surface area contributed by atoms with Crippen LogP contribution in [0.15, 0.2) is 0 Å². The fourth-order valence-corrected chi connectivity index (χ4v) is 4.56. The third kappa shape index (κ3) is 8.76. The highest BCUT2D eigenvalue weighted by Crippen LogP contribution is 2.11. The van der Waals surface area contributed by atoms with Crippen molar-refractivity contribution in [2.24, 2.45) is 0 Å². The number of likely N-dealkylation sites (tertiary alicyclic amines) is 1. The van der Waals surface area contributed by atoms with E-state index < -0.39 is 9.84 Å². The van der Waals surface area contributed by atoms with E-state index in [0.717, 1.165) is 32.5 Å². The molecule has 0 radical (unpaired) electrons. The maximum Gasteiger partial charge on any atom is 0.151 e. The van der Waals surface area contributed by atoms with E-state index >= 15 is 0 Å². The lowest BCUT2D eigenvalue weighted by Gasteiger charge is -2.22. The van der Waals surface area contributed by atoms with E-state index in [0.29, 0.717) is 11.5 Å². The Morgan fingerprint density at radius 3 is 2.43 bits per heavy atom. The highest BCUT2D eigenvalue weighted by Gasteiger charge is 2.23. The Bertz CT molecular complexity index is 362. The molecule has 0 aromatic heterocycles. The van der Waals surface area contributed by atoms with Gasteiger partial charge >= 0.3 is 0 Å². The molecule has 2 aliphatic heterocycles. The number of sulfone groups is 1. The molecule has 0 bridgehead atoms. The van der Waals surface area contributed by atoms with Gasteiger partial charge in [-0.3, -0.25) is 0 Å². The summed E-state index contributed by atoms with van der Waals surface area (Å²) in [4.78, 5) is 2.53. The van der Waals surface area contributed by atoms with Gasteiger partial charge in [-0.25, -0.2) is 8.42 Å². The second kappa shape index (κ2) is 10.5. The minimum absolute atomic E-state index is 0. The molecule has 2 N–H and O–H groups in total. The summed E-state index contributed by atoms with van der Waals surface area (Å²) in [6.45, 7) is 11.2. The van der Waals surface area contributed by atoms with Crippen LogP contribution in [0.5, 0.6) is 0 Å². The van der Waals surface area contributed by atoms with Crippen molar-refractivity contribution in [3.05, 3.63) is 0 Å². The van der Waals surface area contributed by atoms with Crippen LogP contribution < -0.4 is 10.6 Å². The second-order valence-electron chi connectivity index (χ2n) is 5.91. The number of nitrogens with zero attached hydrogens (tertiary/aromatic N) is 1. The van der Waals surface area contributed by atoms with E-state index in [-0.39, 0.29) is 8.90 Å². The lowest BCUT2D eigenvalue weighted by Crippen LogP contribution is -2.39. The van der Waals surface area contributed by atoms with Crippen LogP contribution in [0.3, 0.4) is 0 Å². The number of nitrogens with one attached hydrogen (secondary N) is 2. The van der Waals surface area contributed by atoms with E-state index in [1.807, 2.05) is 6.92 Å². The predicted molar refractivity (Wildman–Crippen MR) is 93.8 cm³/mol. The van der Waals surface area contributed by atoms with E-state index in [1.165, 1.54) is 32.5 Å². The molecule has 2 saturated heterocycles. The van der Waals surface area contributed by atoms with Gasteiger partial charge in [-0.05, 0) is 51.9 Å². The Labute approximate surface area is 133 Å². The average molecular weight is 324 g/mol. The van der Waals surface area contributed by atoms with Crippen molar-refractivity contribution >= 4 is 9.84 Å². The number of likely N-dealkylation sites (N-methyl/N-ethyl adjacent to an activating group) is 1. The minimum Gasteiger partial charge on any atom is -0.316 e. The normalized spacial score (nSPS) is 25.3. The van der Waals surface area contributed by atoms with Crippen LogP contribution in [0.4, 0.5) is 0 Å². The van der Waals surface area contributed by atoms with E-state index in [4.69, 9.17) is 0 Å². The van der Waals surface area contributed by atoms with Crippen LogP contribution in [0.25, 0.3) is 0 Å². The number of hydrogen-bond donors (Lipinski definition) is 2. The Balaban J connectivity index is 0. The molecule has 0 aromatic carbocycles. The zero-order chi connectivity index (χ0) is 15.6. The first-order valence-electron chi connectivity index (χ1n) is 8.44. The molecular weight excluding hydrogens is 286 g/mol. The summed E-state index contributed by atoms with van der Waals surface area (Å²) < 4.78 is 22.2. The Kier molecular flexibility index (Phi) is 9.47. The van der Waals surface area contributed by atoms with Crippen molar-refractivity contribution in [3.8, 4) is 0 Å². The van der Waals surface area contributed by atoms with Crippen LogP contribution in [0, 0.1) is 0 Å². The van der Waals surface area contributed by atoms with Crippen LogP contribution in [-0.4, -0.2) is 70.1 Å². The first kappa shape index (κ1) is 18.9. The van der Waals surface area contributed by atoms with Gasteiger partial charge in [-0.1, -0.05) is 13.8 Å². The summed E-state index contributed by atoms with van der Waals surface area (Å²) in [5.41, 5.74) is 0. The van der Waals surface area contributed by atoms with Crippen LogP contribution in [0.2, 0.25) is 0 Å². The quantitative estimate of drug-likeness (QED) is 0.723. The molecule has 130 valence electrons. The van der Waals surface area contributed by atoms with E-state index in [2.05, 4.69) is 22.5 Å². The average Bonchev–Trinajstić information content (AvgIpc) is 2.92. The highest BCUT2D eigenvalue weighted by molar-refractivity contribution is 7.91. The molecule has 0 aliphatic carbocycles. The van der Waals surface area contributed by atoms with Crippen LogP contribution >= 0.6 is 0 Å². The standard InChI is InChI=1S/C8H18N2.C7H15NO2S.2H2/c1-2-9-5-8-10-6-3-4-7-10;1-2-8-7-4-3-5-11(9,10)6-7;;/h9H,2-8H2,1H3;7-8H,2-6H2,1H3;2*1H. The fourth-order valence-electron chi connectivity index (χ4n) is 2.89. The predicted octanol–water partition coefficient (Wildman–Crippen LogP) is 1.36. The van der Waals surface area contributed by atoms with Gasteiger partial charge in [-0.2, -0.15) is 0 Å². The molecule has 21 heavy (non-hydrogen) atoms. The molecular formula is C15H37N3O2S. The van der Waals surface area contributed by atoms with Crippen molar-refractivity contribution in [2.75, 3.05) is 50.8 Å². The Morgan fingerprint density at radius 2 is 1.86 bits per heavy atom. The van der Waals surface area contributed by atoms with Crippen molar-refractivity contribution in [3.63, 3.8) is 0 Å². The van der Waals surface area contributed by atoms with Crippen molar-refractivity contribution < 1.29 is 11.3 Å². The molecule has 0 spiro atoms. The van der Waals surface area contributed by atoms with Gasteiger partial charge in [0.25, 0.3) is 0 Å². The van der Waals surface area contributed by atoms with E-state index in [1.54, 1.807) is 0 Å². The summed E-state index contributed by atoms with van der Waals surface area (Å²) in [6.07, 6.45) is 4.64. The Morgan fingerprint density at radius 1 is 1.14 bits per heavy atom. The fraction of sp³-hybridized carbons (Fsp3) is 1.00. The van der Waals surface area contributed by atoms with Gasteiger partial charge in [-0.15, -0.1) is 0 Å². The maximum absolute atomic E-state index is 11.1. The van der Waals surface area contributed by atoms with Crippen molar-refractivity contribution in [1.29, 1.82) is 0 Å². The third-order valence-corrected chi connectivity index (χ3v) is 5.83. The first-order chi connectivity index (χ1) is 10.1. The second-order valence-corrected chi connectivity index (χ2v) is 8.14.